The Bertz CT molecular complexity index is 817. The molecule has 0 saturated carbocycles. The molecule has 0 unspecified atom stereocenters. The lowest BCUT2D eigenvalue weighted by Crippen LogP contribution is -2.36. The molecule has 2 aromatic rings. The molecule has 1 amide bonds. The molecule has 0 radical (unpaired) electrons. The molecule has 142 valence electrons. The largest absolute Gasteiger partial charge is 0.459 e. The molecule has 1 atom stereocenters. The second kappa shape index (κ2) is 7.76. The first-order valence-corrected chi connectivity index (χ1v) is 8.82. The summed E-state index contributed by atoms with van der Waals surface area (Å²) in [6.07, 6.45) is -0.214. The highest BCUT2D eigenvalue weighted by atomic mass is 16.5. The molecule has 0 bridgehead atoms. The zero-order valence-electron chi connectivity index (χ0n) is 16.6. The van der Waals surface area contributed by atoms with E-state index in [1.54, 1.807) is 27.7 Å². The molecular weight excluding hydrogens is 332 g/mol. The van der Waals surface area contributed by atoms with Gasteiger partial charge in [-0.3, -0.25) is 9.48 Å². The summed E-state index contributed by atoms with van der Waals surface area (Å²) in [6, 6.07) is 1.88. The van der Waals surface area contributed by atoms with Gasteiger partial charge in [0.2, 0.25) is 0 Å². The van der Waals surface area contributed by atoms with E-state index in [9.17, 15) is 9.59 Å². The first-order valence-electron chi connectivity index (χ1n) is 8.82. The van der Waals surface area contributed by atoms with Crippen molar-refractivity contribution >= 4 is 11.9 Å². The molecule has 2 N–H and O–H groups in total. The van der Waals surface area contributed by atoms with E-state index in [1.165, 1.54) is 0 Å². The lowest BCUT2D eigenvalue weighted by molar-refractivity contribution is 0.0376. The fourth-order valence-electron chi connectivity index (χ4n) is 3.02. The van der Waals surface area contributed by atoms with Crippen molar-refractivity contribution in [3.8, 4) is 0 Å². The van der Waals surface area contributed by atoms with Crippen LogP contribution in [0.25, 0.3) is 0 Å². The number of hydrogen-bond acceptors (Lipinski definition) is 4. The summed E-state index contributed by atoms with van der Waals surface area (Å²) in [5.41, 5.74) is 4.04. The van der Waals surface area contributed by atoms with Crippen LogP contribution >= 0.6 is 0 Å². The molecule has 2 heterocycles. The Labute approximate surface area is 154 Å². The van der Waals surface area contributed by atoms with Crippen LogP contribution in [0.1, 0.15) is 64.3 Å². The van der Waals surface area contributed by atoms with Crippen LogP contribution in [0.15, 0.2) is 6.07 Å². The van der Waals surface area contributed by atoms with Crippen molar-refractivity contribution in [2.24, 2.45) is 0 Å². The van der Waals surface area contributed by atoms with Gasteiger partial charge in [0.1, 0.15) is 5.69 Å². The van der Waals surface area contributed by atoms with E-state index in [1.807, 2.05) is 31.5 Å². The Balaban J connectivity index is 2.12. The minimum absolute atomic E-state index is 0.116. The van der Waals surface area contributed by atoms with Crippen LogP contribution in [0.5, 0.6) is 0 Å². The number of aromatic nitrogens is 3. The molecule has 0 aliphatic carbocycles. The minimum atomic E-state index is -0.416. The Morgan fingerprint density at radius 2 is 1.88 bits per heavy atom. The first kappa shape index (κ1) is 19.8. The van der Waals surface area contributed by atoms with Crippen molar-refractivity contribution in [2.45, 2.75) is 67.2 Å². The van der Waals surface area contributed by atoms with Crippen LogP contribution in [0.4, 0.5) is 0 Å². The van der Waals surface area contributed by atoms with Gasteiger partial charge in [-0.15, -0.1) is 0 Å². The van der Waals surface area contributed by atoms with Crippen LogP contribution < -0.4 is 5.32 Å². The van der Waals surface area contributed by atoms with Gasteiger partial charge in [0.05, 0.1) is 23.9 Å². The maximum atomic E-state index is 12.6. The Morgan fingerprint density at radius 1 is 1.23 bits per heavy atom. The fraction of sp³-hybridized carbons (Fsp3) is 0.526. The Kier molecular flexibility index (Phi) is 5.90. The van der Waals surface area contributed by atoms with E-state index in [4.69, 9.17) is 4.74 Å². The highest BCUT2D eigenvalue weighted by molar-refractivity contribution is 6.00. The van der Waals surface area contributed by atoms with E-state index < -0.39 is 5.97 Å². The van der Waals surface area contributed by atoms with Crippen molar-refractivity contribution in [3.63, 3.8) is 0 Å². The number of rotatable bonds is 6. The van der Waals surface area contributed by atoms with Crippen LogP contribution in [0.2, 0.25) is 0 Å². The predicted molar refractivity (Wildman–Crippen MR) is 99.4 cm³/mol. The van der Waals surface area contributed by atoms with E-state index in [0.29, 0.717) is 29.1 Å². The molecule has 7 heteroatoms. The lowest BCUT2D eigenvalue weighted by Gasteiger charge is -2.15. The molecular formula is C19H28N4O3. The van der Waals surface area contributed by atoms with Gasteiger partial charge in [0.25, 0.3) is 5.91 Å². The molecule has 7 nitrogen and oxygen atoms in total. The molecule has 0 aliphatic heterocycles. The number of esters is 1. The standard InChI is InChI=1S/C19H28N4O3/c1-10(2)26-19(25)16-14(6)17(21-15(16)7)18(24)20-12(4)9-23-13(5)8-11(3)22-23/h8,10,12,21H,9H2,1-7H3,(H,20,24)/t12-/m0/s1. The van der Waals surface area contributed by atoms with Gasteiger partial charge < -0.3 is 15.0 Å². The maximum absolute atomic E-state index is 12.6. The Morgan fingerprint density at radius 3 is 2.42 bits per heavy atom. The van der Waals surface area contributed by atoms with Crippen molar-refractivity contribution < 1.29 is 14.3 Å². The number of hydrogen-bond donors (Lipinski definition) is 2. The number of nitrogens with zero attached hydrogens (tertiary/aromatic N) is 2. The zero-order valence-corrected chi connectivity index (χ0v) is 16.6. The van der Waals surface area contributed by atoms with Gasteiger partial charge in [-0.25, -0.2) is 4.79 Å². The fourth-order valence-corrected chi connectivity index (χ4v) is 3.02. The Hall–Kier alpha value is -2.57. The van der Waals surface area contributed by atoms with Crippen LogP contribution in [0.3, 0.4) is 0 Å². The lowest BCUT2D eigenvalue weighted by atomic mass is 10.1. The van der Waals surface area contributed by atoms with E-state index in [2.05, 4.69) is 15.4 Å². The number of H-pyrrole nitrogens is 1. The van der Waals surface area contributed by atoms with Crippen molar-refractivity contribution in [1.82, 2.24) is 20.1 Å². The second-order valence-electron chi connectivity index (χ2n) is 7.06. The quantitative estimate of drug-likeness (QED) is 0.775. The molecule has 0 aliphatic rings. The molecule has 0 spiro atoms. The summed E-state index contributed by atoms with van der Waals surface area (Å²) < 4.78 is 7.14. The summed E-state index contributed by atoms with van der Waals surface area (Å²) >= 11 is 0. The summed E-state index contributed by atoms with van der Waals surface area (Å²) in [5.74, 6) is -0.663. The summed E-state index contributed by atoms with van der Waals surface area (Å²) in [7, 11) is 0. The number of amides is 1. The number of aromatic amines is 1. The van der Waals surface area contributed by atoms with E-state index in [0.717, 1.165) is 11.4 Å². The molecule has 2 rings (SSSR count). The van der Waals surface area contributed by atoms with Crippen LogP contribution in [-0.4, -0.2) is 38.8 Å². The summed E-state index contributed by atoms with van der Waals surface area (Å²) in [4.78, 5) is 27.9. The number of aryl methyl sites for hydroxylation is 3. The average molecular weight is 360 g/mol. The van der Waals surface area contributed by atoms with Crippen molar-refractivity contribution in [3.05, 3.63) is 40.0 Å². The molecule has 26 heavy (non-hydrogen) atoms. The third kappa shape index (κ3) is 4.33. The molecule has 2 aromatic heterocycles. The smallest absolute Gasteiger partial charge is 0.340 e. The first-order chi connectivity index (χ1) is 12.1. The molecule has 0 fully saturated rings. The van der Waals surface area contributed by atoms with Crippen molar-refractivity contribution in [2.75, 3.05) is 0 Å². The normalized spacial score (nSPS) is 12.3. The van der Waals surface area contributed by atoms with Gasteiger partial charge in [-0.05, 0) is 60.1 Å². The zero-order chi connectivity index (χ0) is 19.6. The van der Waals surface area contributed by atoms with E-state index in [-0.39, 0.29) is 18.1 Å². The second-order valence-corrected chi connectivity index (χ2v) is 7.06. The molecule has 0 aromatic carbocycles. The maximum Gasteiger partial charge on any atom is 0.340 e. The molecule has 0 saturated heterocycles. The highest BCUT2D eigenvalue weighted by Crippen LogP contribution is 2.20. The van der Waals surface area contributed by atoms with Gasteiger partial charge >= 0.3 is 5.97 Å². The predicted octanol–water partition coefficient (Wildman–Crippen LogP) is 2.83. The summed E-state index contributed by atoms with van der Waals surface area (Å²) in [5, 5.41) is 7.37. The van der Waals surface area contributed by atoms with E-state index >= 15 is 0 Å². The van der Waals surface area contributed by atoms with Gasteiger partial charge in [-0.2, -0.15) is 5.10 Å². The van der Waals surface area contributed by atoms with Crippen LogP contribution in [0, 0.1) is 27.7 Å². The number of ether oxygens (including phenoxy) is 1. The van der Waals surface area contributed by atoms with Gasteiger partial charge in [0, 0.05) is 17.4 Å². The number of carbonyl (C=O) groups is 2. The SMILES string of the molecule is Cc1cc(C)n(C[C@H](C)NC(=O)c2[nH]c(C)c(C(=O)OC(C)C)c2C)n1. The minimum Gasteiger partial charge on any atom is -0.459 e. The van der Waals surface area contributed by atoms with Gasteiger partial charge in [-0.1, -0.05) is 0 Å². The highest BCUT2D eigenvalue weighted by Gasteiger charge is 2.24. The monoisotopic (exact) mass is 360 g/mol. The third-order valence-electron chi connectivity index (χ3n) is 4.14. The number of carbonyl (C=O) groups excluding carboxylic acids is 2. The average Bonchev–Trinajstić information content (AvgIpc) is 2.96. The topological polar surface area (TPSA) is 89.0 Å². The number of nitrogens with one attached hydrogen (secondary N) is 2. The third-order valence-corrected chi connectivity index (χ3v) is 4.14. The van der Waals surface area contributed by atoms with Crippen molar-refractivity contribution in [1.29, 1.82) is 0 Å². The summed E-state index contributed by atoms with van der Waals surface area (Å²) in [6.45, 7) is 13.5. The van der Waals surface area contributed by atoms with Gasteiger partial charge in [0.15, 0.2) is 0 Å². The van der Waals surface area contributed by atoms with Crippen LogP contribution in [-0.2, 0) is 11.3 Å².